The molecule has 3 rings (SSSR count). The van der Waals surface area contributed by atoms with Crippen LogP contribution in [0.25, 0.3) is 0 Å². The van der Waals surface area contributed by atoms with Gasteiger partial charge in [-0.25, -0.2) is 4.79 Å². The van der Waals surface area contributed by atoms with E-state index in [0.29, 0.717) is 6.04 Å². The van der Waals surface area contributed by atoms with E-state index in [1.807, 2.05) is 25.7 Å². The first-order valence-electron chi connectivity index (χ1n) is 9.18. The van der Waals surface area contributed by atoms with Crippen LogP contribution < -0.4 is 10.2 Å². The predicted molar refractivity (Wildman–Crippen MR) is 97.4 cm³/mol. The molecule has 1 aromatic rings. The molecule has 1 aliphatic carbocycles. The van der Waals surface area contributed by atoms with Crippen molar-refractivity contribution < 1.29 is 9.53 Å². The zero-order valence-corrected chi connectivity index (χ0v) is 15.4. The van der Waals surface area contributed by atoms with Gasteiger partial charge in [0, 0.05) is 19.1 Å². The second-order valence-electron chi connectivity index (χ2n) is 8.31. The van der Waals surface area contributed by atoms with Gasteiger partial charge in [-0.3, -0.25) is 4.90 Å². The highest BCUT2D eigenvalue weighted by Crippen LogP contribution is 2.33. The number of amides is 1. The third kappa shape index (κ3) is 3.92. The van der Waals surface area contributed by atoms with Gasteiger partial charge in [0.25, 0.3) is 0 Å². The molecule has 0 unspecified atom stereocenters. The van der Waals surface area contributed by atoms with Crippen LogP contribution in [-0.4, -0.2) is 24.3 Å². The molecule has 0 aromatic heterocycles. The van der Waals surface area contributed by atoms with Crippen molar-refractivity contribution in [3.8, 4) is 0 Å². The molecule has 0 bridgehead atoms. The van der Waals surface area contributed by atoms with Crippen molar-refractivity contribution in [2.45, 2.75) is 71.6 Å². The van der Waals surface area contributed by atoms with E-state index in [1.54, 1.807) is 0 Å². The van der Waals surface area contributed by atoms with Gasteiger partial charge in [0.2, 0.25) is 0 Å². The number of para-hydroxylation sites is 1. The van der Waals surface area contributed by atoms with Crippen molar-refractivity contribution in [3.05, 3.63) is 29.3 Å². The Labute approximate surface area is 145 Å². The SMILES string of the molecule is CC1CC(NCc2cccc3c2N(C(=O)OC(C)(C)C)CCC3)C1. The van der Waals surface area contributed by atoms with Crippen LogP contribution in [0.3, 0.4) is 0 Å². The minimum Gasteiger partial charge on any atom is -0.443 e. The average Bonchev–Trinajstić information content (AvgIpc) is 2.48. The van der Waals surface area contributed by atoms with E-state index in [0.717, 1.165) is 37.5 Å². The Kier molecular flexibility index (Phi) is 4.86. The molecule has 4 heteroatoms. The Morgan fingerprint density at radius 1 is 1.33 bits per heavy atom. The number of benzene rings is 1. The summed E-state index contributed by atoms with van der Waals surface area (Å²) in [6.45, 7) is 9.61. The number of hydrogen-bond acceptors (Lipinski definition) is 3. The van der Waals surface area contributed by atoms with E-state index in [9.17, 15) is 4.79 Å². The van der Waals surface area contributed by atoms with E-state index < -0.39 is 5.60 Å². The lowest BCUT2D eigenvalue weighted by molar-refractivity contribution is 0.0577. The van der Waals surface area contributed by atoms with Crippen LogP contribution in [0, 0.1) is 5.92 Å². The molecule has 1 fully saturated rings. The van der Waals surface area contributed by atoms with Gasteiger partial charge in [-0.1, -0.05) is 25.1 Å². The van der Waals surface area contributed by atoms with Gasteiger partial charge < -0.3 is 10.1 Å². The summed E-state index contributed by atoms with van der Waals surface area (Å²) in [6.07, 6.45) is 4.30. The Balaban J connectivity index is 1.78. The predicted octanol–water partition coefficient (Wildman–Crippen LogP) is 4.26. The van der Waals surface area contributed by atoms with E-state index in [1.165, 1.54) is 24.0 Å². The average molecular weight is 330 g/mol. The maximum absolute atomic E-state index is 12.7. The second kappa shape index (κ2) is 6.75. The third-order valence-corrected chi connectivity index (χ3v) is 4.87. The maximum atomic E-state index is 12.7. The van der Waals surface area contributed by atoms with Crippen LogP contribution in [0.15, 0.2) is 18.2 Å². The summed E-state index contributed by atoms with van der Waals surface area (Å²) in [6, 6.07) is 7.00. The lowest BCUT2D eigenvalue weighted by Crippen LogP contribution is -2.42. The summed E-state index contributed by atoms with van der Waals surface area (Å²) >= 11 is 0. The highest BCUT2D eigenvalue weighted by Gasteiger charge is 2.30. The van der Waals surface area contributed by atoms with Gasteiger partial charge in [0.05, 0.1) is 5.69 Å². The van der Waals surface area contributed by atoms with Gasteiger partial charge in [0.1, 0.15) is 5.60 Å². The Morgan fingerprint density at radius 3 is 2.75 bits per heavy atom. The number of hydrogen-bond donors (Lipinski definition) is 1. The summed E-state index contributed by atoms with van der Waals surface area (Å²) in [5.41, 5.74) is 3.06. The number of rotatable bonds is 3. The highest BCUT2D eigenvalue weighted by molar-refractivity contribution is 5.90. The van der Waals surface area contributed by atoms with Gasteiger partial charge in [-0.15, -0.1) is 0 Å². The molecule has 1 aromatic carbocycles. The molecule has 2 aliphatic rings. The molecule has 1 N–H and O–H groups in total. The van der Waals surface area contributed by atoms with Crippen LogP contribution in [0.5, 0.6) is 0 Å². The summed E-state index contributed by atoms with van der Waals surface area (Å²) in [5.74, 6) is 0.838. The molecule has 1 saturated carbocycles. The maximum Gasteiger partial charge on any atom is 0.414 e. The smallest absolute Gasteiger partial charge is 0.414 e. The Bertz CT molecular complexity index is 600. The van der Waals surface area contributed by atoms with Crippen LogP contribution >= 0.6 is 0 Å². The van der Waals surface area contributed by atoms with E-state index in [-0.39, 0.29) is 6.09 Å². The summed E-state index contributed by atoms with van der Waals surface area (Å²) in [4.78, 5) is 14.5. The second-order valence-corrected chi connectivity index (χ2v) is 8.31. The van der Waals surface area contributed by atoms with Crippen molar-refractivity contribution in [3.63, 3.8) is 0 Å². The van der Waals surface area contributed by atoms with Crippen LogP contribution in [-0.2, 0) is 17.7 Å². The molecule has 132 valence electrons. The molecular weight excluding hydrogens is 300 g/mol. The lowest BCUT2D eigenvalue weighted by atomic mass is 9.82. The molecule has 1 heterocycles. The fraction of sp³-hybridized carbons (Fsp3) is 0.650. The summed E-state index contributed by atoms with van der Waals surface area (Å²) < 4.78 is 5.63. The molecular formula is C20H30N2O2. The molecule has 0 radical (unpaired) electrons. The molecule has 1 amide bonds. The Morgan fingerprint density at radius 2 is 2.08 bits per heavy atom. The number of ether oxygens (including phenoxy) is 1. The first-order chi connectivity index (χ1) is 11.3. The van der Waals surface area contributed by atoms with Gasteiger partial charge >= 0.3 is 6.09 Å². The number of nitrogens with one attached hydrogen (secondary N) is 1. The number of aryl methyl sites for hydroxylation is 1. The molecule has 4 nitrogen and oxygen atoms in total. The first kappa shape index (κ1) is 17.3. The molecule has 0 spiro atoms. The van der Waals surface area contributed by atoms with Crippen molar-refractivity contribution in [1.29, 1.82) is 0 Å². The minimum absolute atomic E-state index is 0.229. The number of nitrogens with zero attached hydrogens (tertiary/aromatic N) is 1. The topological polar surface area (TPSA) is 41.6 Å². The summed E-state index contributed by atoms with van der Waals surface area (Å²) in [5, 5.41) is 3.64. The Hall–Kier alpha value is -1.55. The largest absolute Gasteiger partial charge is 0.443 e. The molecule has 0 atom stereocenters. The van der Waals surface area contributed by atoms with Gasteiger partial charge in [-0.05, 0) is 63.5 Å². The molecule has 1 aliphatic heterocycles. The minimum atomic E-state index is -0.468. The standard InChI is InChI=1S/C20H30N2O2/c1-14-11-17(12-14)21-13-16-8-5-7-15-9-6-10-22(18(15)16)19(23)24-20(2,3)4/h5,7-8,14,17,21H,6,9-13H2,1-4H3. The van der Waals surface area contributed by atoms with Crippen LogP contribution in [0.4, 0.5) is 10.5 Å². The lowest BCUT2D eigenvalue weighted by Gasteiger charge is -2.35. The number of carbonyl (C=O) groups is 1. The molecule has 0 saturated heterocycles. The number of carbonyl (C=O) groups excluding carboxylic acids is 1. The first-order valence-corrected chi connectivity index (χ1v) is 9.18. The van der Waals surface area contributed by atoms with Gasteiger partial charge in [0.15, 0.2) is 0 Å². The normalized spacial score (nSPS) is 23.4. The molecule has 24 heavy (non-hydrogen) atoms. The van der Waals surface area contributed by atoms with Gasteiger partial charge in [-0.2, -0.15) is 0 Å². The monoisotopic (exact) mass is 330 g/mol. The van der Waals surface area contributed by atoms with E-state index in [2.05, 4.69) is 30.4 Å². The van der Waals surface area contributed by atoms with Crippen molar-refractivity contribution >= 4 is 11.8 Å². The summed E-state index contributed by atoms with van der Waals surface area (Å²) in [7, 11) is 0. The van der Waals surface area contributed by atoms with E-state index >= 15 is 0 Å². The van der Waals surface area contributed by atoms with Crippen LogP contribution in [0.2, 0.25) is 0 Å². The fourth-order valence-electron chi connectivity index (χ4n) is 3.70. The third-order valence-electron chi connectivity index (χ3n) is 4.87. The van der Waals surface area contributed by atoms with Crippen molar-refractivity contribution in [1.82, 2.24) is 5.32 Å². The quantitative estimate of drug-likeness (QED) is 0.900. The van der Waals surface area contributed by atoms with Crippen LogP contribution in [0.1, 0.15) is 58.1 Å². The number of fused-ring (bicyclic) bond motifs is 1. The zero-order valence-electron chi connectivity index (χ0n) is 15.4. The highest BCUT2D eigenvalue weighted by atomic mass is 16.6. The number of anilines is 1. The van der Waals surface area contributed by atoms with E-state index in [4.69, 9.17) is 4.74 Å². The fourth-order valence-corrected chi connectivity index (χ4v) is 3.70. The van der Waals surface area contributed by atoms with Crippen molar-refractivity contribution in [2.75, 3.05) is 11.4 Å². The zero-order chi connectivity index (χ0) is 17.3. The van der Waals surface area contributed by atoms with Crippen molar-refractivity contribution in [2.24, 2.45) is 5.92 Å².